The Kier molecular flexibility index (Phi) is 7.11. The lowest BCUT2D eigenvalue weighted by molar-refractivity contribution is -0.123. The molecule has 0 saturated heterocycles. The maximum atomic E-state index is 12.2. The largest absolute Gasteiger partial charge is 0.449 e. The van der Waals surface area contributed by atoms with E-state index in [0.29, 0.717) is 5.02 Å². The van der Waals surface area contributed by atoms with Gasteiger partial charge in [-0.1, -0.05) is 11.6 Å². The average molecular weight is 426 g/mol. The number of aromatic nitrogens is 1. The van der Waals surface area contributed by atoms with Crippen LogP contribution in [0.3, 0.4) is 0 Å². The van der Waals surface area contributed by atoms with Gasteiger partial charge in [0.2, 0.25) is 10.0 Å². The second kappa shape index (κ2) is 9.13. The molecule has 1 atom stereocenters. The lowest BCUT2D eigenvalue weighted by Crippen LogP contribution is -2.31. The van der Waals surface area contributed by atoms with Crippen LogP contribution in [-0.4, -0.2) is 37.4 Å². The third kappa shape index (κ3) is 6.01. The van der Waals surface area contributed by atoms with Gasteiger partial charge in [0.25, 0.3) is 5.91 Å². The van der Waals surface area contributed by atoms with Gasteiger partial charge in [0, 0.05) is 12.2 Å². The van der Waals surface area contributed by atoms with Crippen molar-refractivity contribution in [2.24, 2.45) is 0 Å². The van der Waals surface area contributed by atoms with E-state index in [-0.39, 0.29) is 22.3 Å². The molecule has 2 aromatic rings. The van der Waals surface area contributed by atoms with Crippen molar-refractivity contribution in [2.45, 2.75) is 37.8 Å². The summed E-state index contributed by atoms with van der Waals surface area (Å²) in [5.74, 6) is -1.06. The third-order valence-corrected chi connectivity index (χ3v) is 5.32. The van der Waals surface area contributed by atoms with E-state index >= 15 is 0 Å². The van der Waals surface area contributed by atoms with E-state index in [1.54, 1.807) is 19.9 Å². The van der Waals surface area contributed by atoms with Gasteiger partial charge >= 0.3 is 5.97 Å². The number of halogens is 1. The van der Waals surface area contributed by atoms with Gasteiger partial charge < -0.3 is 10.1 Å². The SMILES string of the molecule is CC(C)NS(=O)(=O)c1ccc(C(=O)OC(C)C(=O)Nc2ccc(Cl)cn2)cc1. The van der Waals surface area contributed by atoms with E-state index in [1.807, 2.05) is 0 Å². The van der Waals surface area contributed by atoms with E-state index in [2.05, 4.69) is 15.0 Å². The van der Waals surface area contributed by atoms with Crippen LogP contribution in [0.15, 0.2) is 47.5 Å². The van der Waals surface area contributed by atoms with Crippen molar-refractivity contribution in [1.29, 1.82) is 0 Å². The van der Waals surface area contributed by atoms with Crippen LogP contribution in [0.1, 0.15) is 31.1 Å². The van der Waals surface area contributed by atoms with E-state index in [4.69, 9.17) is 16.3 Å². The Morgan fingerprint density at radius 1 is 1.07 bits per heavy atom. The van der Waals surface area contributed by atoms with Gasteiger partial charge in [-0.25, -0.2) is 22.9 Å². The highest BCUT2D eigenvalue weighted by molar-refractivity contribution is 7.89. The molecule has 0 spiro atoms. The summed E-state index contributed by atoms with van der Waals surface area (Å²) >= 11 is 5.73. The molecule has 0 radical (unpaired) electrons. The standard InChI is InChI=1S/C18H20ClN3O5S/c1-11(2)22-28(25,26)15-7-4-13(5-8-15)18(24)27-12(3)17(23)21-16-9-6-14(19)10-20-16/h4-12,22H,1-3H3,(H,20,21,23). The third-order valence-electron chi connectivity index (χ3n) is 3.42. The number of nitrogens with one attached hydrogen (secondary N) is 2. The highest BCUT2D eigenvalue weighted by Gasteiger charge is 2.21. The van der Waals surface area contributed by atoms with Crippen LogP contribution in [0, 0.1) is 0 Å². The normalized spacial score (nSPS) is 12.5. The number of pyridine rings is 1. The minimum atomic E-state index is -3.66. The summed E-state index contributed by atoms with van der Waals surface area (Å²) in [6.45, 7) is 4.82. The molecule has 2 N–H and O–H groups in total. The number of benzene rings is 1. The van der Waals surface area contributed by atoms with Gasteiger partial charge in [-0.2, -0.15) is 0 Å². The molecule has 0 aliphatic heterocycles. The van der Waals surface area contributed by atoms with E-state index in [0.717, 1.165) is 0 Å². The molecule has 0 bridgehead atoms. The van der Waals surface area contributed by atoms with E-state index in [1.165, 1.54) is 43.5 Å². The molecule has 150 valence electrons. The van der Waals surface area contributed by atoms with Crippen LogP contribution >= 0.6 is 11.6 Å². The molecule has 28 heavy (non-hydrogen) atoms. The Balaban J connectivity index is 1.99. The predicted molar refractivity (Wildman–Crippen MR) is 105 cm³/mol. The topological polar surface area (TPSA) is 114 Å². The average Bonchev–Trinajstić information content (AvgIpc) is 2.62. The molecule has 0 fully saturated rings. The molecule has 0 saturated carbocycles. The van der Waals surface area contributed by atoms with Gasteiger partial charge in [0.1, 0.15) is 5.82 Å². The van der Waals surface area contributed by atoms with E-state index in [9.17, 15) is 18.0 Å². The number of ether oxygens (including phenoxy) is 1. The first kappa shape index (κ1) is 21.8. The molecule has 1 aromatic heterocycles. The van der Waals surface area contributed by atoms with E-state index < -0.39 is 28.0 Å². The number of hydrogen-bond donors (Lipinski definition) is 2. The lowest BCUT2D eigenvalue weighted by Gasteiger charge is -2.13. The fourth-order valence-electron chi connectivity index (χ4n) is 2.11. The Morgan fingerprint density at radius 2 is 1.71 bits per heavy atom. The summed E-state index contributed by atoms with van der Waals surface area (Å²) in [6.07, 6.45) is 0.286. The number of carbonyl (C=O) groups excluding carboxylic acids is 2. The zero-order chi connectivity index (χ0) is 20.9. The molecule has 2 rings (SSSR count). The Bertz CT molecular complexity index is 944. The molecule has 1 amide bonds. The lowest BCUT2D eigenvalue weighted by atomic mass is 10.2. The number of amides is 1. The van der Waals surface area contributed by atoms with Crippen LogP contribution in [0.2, 0.25) is 5.02 Å². The van der Waals surface area contributed by atoms with Crippen molar-refractivity contribution in [3.63, 3.8) is 0 Å². The zero-order valence-corrected chi connectivity index (χ0v) is 17.0. The molecule has 0 aliphatic carbocycles. The molecule has 1 heterocycles. The monoisotopic (exact) mass is 425 g/mol. The van der Waals surface area contributed by atoms with Gasteiger partial charge in [0.05, 0.1) is 15.5 Å². The maximum Gasteiger partial charge on any atom is 0.338 e. The number of sulfonamides is 1. The number of anilines is 1. The number of esters is 1. The van der Waals surface area contributed by atoms with Gasteiger partial charge in [0.15, 0.2) is 6.10 Å². The Morgan fingerprint density at radius 3 is 2.25 bits per heavy atom. The minimum absolute atomic E-state index is 0.0253. The zero-order valence-electron chi connectivity index (χ0n) is 15.5. The van der Waals surface area contributed by atoms with Gasteiger partial charge in [-0.15, -0.1) is 0 Å². The quantitative estimate of drug-likeness (QED) is 0.659. The van der Waals surface area contributed by atoms with Crippen molar-refractivity contribution in [3.05, 3.63) is 53.2 Å². The molecule has 1 unspecified atom stereocenters. The highest BCUT2D eigenvalue weighted by atomic mass is 35.5. The van der Waals surface area contributed by atoms with Crippen molar-refractivity contribution in [1.82, 2.24) is 9.71 Å². The first-order chi connectivity index (χ1) is 13.1. The molecule has 8 nitrogen and oxygen atoms in total. The van der Waals surface area contributed by atoms with Crippen molar-refractivity contribution >= 4 is 39.3 Å². The molecule has 10 heteroatoms. The maximum absolute atomic E-state index is 12.2. The van der Waals surface area contributed by atoms with Gasteiger partial charge in [-0.05, 0) is 57.2 Å². The summed E-state index contributed by atoms with van der Waals surface area (Å²) in [5.41, 5.74) is 0.118. The van der Waals surface area contributed by atoms with Crippen LogP contribution in [0.4, 0.5) is 5.82 Å². The summed E-state index contributed by atoms with van der Waals surface area (Å²) in [6, 6.07) is 8.05. The van der Waals surface area contributed by atoms with Crippen LogP contribution in [0.5, 0.6) is 0 Å². The Hall–Kier alpha value is -2.49. The summed E-state index contributed by atoms with van der Waals surface area (Å²) in [5, 5.41) is 2.92. The smallest absolute Gasteiger partial charge is 0.338 e. The minimum Gasteiger partial charge on any atom is -0.449 e. The molecule has 0 aliphatic rings. The molecular formula is C18H20ClN3O5S. The summed E-state index contributed by atoms with van der Waals surface area (Å²) < 4.78 is 31.7. The van der Waals surface area contributed by atoms with Crippen molar-refractivity contribution in [3.8, 4) is 0 Å². The number of nitrogens with zero attached hydrogens (tertiary/aromatic N) is 1. The van der Waals surface area contributed by atoms with Crippen LogP contribution in [-0.2, 0) is 19.6 Å². The highest BCUT2D eigenvalue weighted by Crippen LogP contribution is 2.14. The van der Waals surface area contributed by atoms with Crippen LogP contribution in [0.25, 0.3) is 0 Å². The predicted octanol–water partition coefficient (Wildman–Crippen LogP) is 2.61. The number of rotatable bonds is 7. The van der Waals surface area contributed by atoms with Crippen molar-refractivity contribution in [2.75, 3.05) is 5.32 Å². The summed E-state index contributed by atoms with van der Waals surface area (Å²) in [7, 11) is -3.66. The molecule has 1 aromatic carbocycles. The second-order valence-corrected chi connectivity index (χ2v) is 8.35. The van der Waals surface area contributed by atoms with Crippen molar-refractivity contribution < 1.29 is 22.7 Å². The first-order valence-electron chi connectivity index (χ1n) is 8.34. The van der Waals surface area contributed by atoms with Crippen LogP contribution < -0.4 is 10.0 Å². The fraction of sp³-hybridized carbons (Fsp3) is 0.278. The fourth-order valence-corrected chi connectivity index (χ4v) is 3.47. The summed E-state index contributed by atoms with van der Waals surface area (Å²) in [4.78, 5) is 28.2. The number of carbonyl (C=O) groups is 2. The first-order valence-corrected chi connectivity index (χ1v) is 10.2. The van der Waals surface area contributed by atoms with Gasteiger partial charge in [-0.3, -0.25) is 4.79 Å². The second-order valence-electron chi connectivity index (χ2n) is 6.20. The number of hydrogen-bond acceptors (Lipinski definition) is 6. The molecular weight excluding hydrogens is 406 g/mol. The Labute approximate surface area is 168 Å².